The standard InChI is InChI=1S/C30H34ClN3O6S/c1-22-3-5-24(6-4-22)19-32-30(36)23(2)34(20-25-7-9-26(31)10-8-25)29(35)21-40-27-11-13-28(14-12-27)41(37,38)33-15-17-39-18-16-33/h3-14,23H,15-21H2,1-2H3,(H,32,36)/t23-/m0/s1. The maximum Gasteiger partial charge on any atom is 0.261 e. The summed E-state index contributed by atoms with van der Waals surface area (Å²) in [7, 11) is -3.64. The summed E-state index contributed by atoms with van der Waals surface area (Å²) < 4.78 is 38.1. The second-order valence-electron chi connectivity index (χ2n) is 9.80. The molecule has 0 aliphatic carbocycles. The molecule has 1 aliphatic heterocycles. The maximum absolute atomic E-state index is 13.4. The minimum absolute atomic E-state index is 0.140. The number of carbonyl (C=O) groups excluding carboxylic acids is 2. The summed E-state index contributed by atoms with van der Waals surface area (Å²) >= 11 is 6.02. The Kier molecular flexibility index (Phi) is 10.4. The fourth-order valence-electron chi connectivity index (χ4n) is 4.28. The van der Waals surface area contributed by atoms with Gasteiger partial charge in [0.05, 0.1) is 18.1 Å². The van der Waals surface area contributed by atoms with Crippen LogP contribution in [0.5, 0.6) is 5.75 Å². The van der Waals surface area contributed by atoms with Crippen LogP contribution in [0.25, 0.3) is 0 Å². The molecule has 3 aromatic carbocycles. The van der Waals surface area contributed by atoms with Gasteiger partial charge in [0.2, 0.25) is 15.9 Å². The topological polar surface area (TPSA) is 105 Å². The lowest BCUT2D eigenvalue weighted by Crippen LogP contribution is -2.48. The van der Waals surface area contributed by atoms with Crippen molar-refractivity contribution in [3.05, 3.63) is 94.5 Å². The summed E-state index contributed by atoms with van der Waals surface area (Å²) in [5, 5.41) is 3.47. The molecule has 0 saturated carbocycles. The van der Waals surface area contributed by atoms with Crippen LogP contribution in [0.1, 0.15) is 23.6 Å². The van der Waals surface area contributed by atoms with Crippen molar-refractivity contribution in [3.8, 4) is 5.75 Å². The van der Waals surface area contributed by atoms with E-state index in [0.29, 0.717) is 43.6 Å². The van der Waals surface area contributed by atoms with Gasteiger partial charge in [0.15, 0.2) is 6.61 Å². The van der Waals surface area contributed by atoms with E-state index in [2.05, 4.69) is 5.32 Å². The van der Waals surface area contributed by atoms with E-state index in [9.17, 15) is 18.0 Å². The lowest BCUT2D eigenvalue weighted by molar-refractivity contribution is -0.142. The van der Waals surface area contributed by atoms with E-state index in [1.165, 1.54) is 33.5 Å². The minimum Gasteiger partial charge on any atom is -0.484 e. The molecule has 0 radical (unpaired) electrons. The number of aryl methyl sites for hydroxylation is 1. The van der Waals surface area contributed by atoms with Gasteiger partial charge in [-0.2, -0.15) is 4.31 Å². The van der Waals surface area contributed by atoms with Gasteiger partial charge in [-0.05, 0) is 61.4 Å². The Morgan fingerprint density at radius 2 is 1.59 bits per heavy atom. The molecule has 41 heavy (non-hydrogen) atoms. The van der Waals surface area contributed by atoms with Gasteiger partial charge in [-0.1, -0.05) is 53.6 Å². The average Bonchev–Trinajstić information content (AvgIpc) is 2.99. The van der Waals surface area contributed by atoms with Crippen LogP contribution in [-0.4, -0.2) is 68.4 Å². The number of halogens is 1. The van der Waals surface area contributed by atoms with Crippen molar-refractivity contribution < 1.29 is 27.5 Å². The van der Waals surface area contributed by atoms with Gasteiger partial charge in [-0.3, -0.25) is 9.59 Å². The number of hydrogen-bond acceptors (Lipinski definition) is 6. The first-order valence-electron chi connectivity index (χ1n) is 13.3. The van der Waals surface area contributed by atoms with Crippen molar-refractivity contribution in [1.82, 2.24) is 14.5 Å². The number of nitrogens with one attached hydrogen (secondary N) is 1. The average molecular weight is 600 g/mol. The smallest absolute Gasteiger partial charge is 0.261 e. The fourth-order valence-corrected chi connectivity index (χ4v) is 5.82. The van der Waals surface area contributed by atoms with Crippen molar-refractivity contribution >= 4 is 33.4 Å². The summed E-state index contributed by atoms with van der Waals surface area (Å²) in [5.74, 6) is -0.365. The highest BCUT2D eigenvalue weighted by molar-refractivity contribution is 7.89. The second-order valence-corrected chi connectivity index (χ2v) is 12.2. The number of benzene rings is 3. The van der Waals surface area contributed by atoms with Crippen LogP contribution in [0.4, 0.5) is 0 Å². The number of morpholine rings is 1. The van der Waals surface area contributed by atoms with Gasteiger partial charge in [0, 0.05) is 31.2 Å². The molecule has 218 valence electrons. The van der Waals surface area contributed by atoms with Crippen LogP contribution in [0.3, 0.4) is 0 Å². The Morgan fingerprint density at radius 3 is 2.22 bits per heavy atom. The van der Waals surface area contributed by atoms with Crippen LogP contribution in [0.2, 0.25) is 5.02 Å². The van der Waals surface area contributed by atoms with E-state index < -0.39 is 22.0 Å². The Balaban J connectivity index is 1.41. The van der Waals surface area contributed by atoms with Crippen LogP contribution in [0, 0.1) is 6.92 Å². The number of amides is 2. The van der Waals surface area contributed by atoms with E-state index in [0.717, 1.165) is 16.7 Å². The number of hydrogen-bond donors (Lipinski definition) is 1. The highest BCUT2D eigenvalue weighted by atomic mass is 35.5. The molecule has 0 bridgehead atoms. The number of ether oxygens (including phenoxy) is 2. The lowest BCUT2D eigenvalue weighted by atomic mass is 10.1. The van der Waals surface area contributed by atoms with Crippen LogP contribution in [-0.2, 0) is 37.4 Å². The molecule has 1 fully saturated rings. The molecule has 4 rings (SSSR count). The molecule has 1 heterocycles. The second kappa shape index (κ2) is 14.0. The van der Waals surface area contributed by atoms with Gasteiger partial charge in [0.25, 0.3) is 5.91 Å². The quantitative estimate of drug-likeness (QED) is 0.360. The largest absolute Gasteiger partial charge is 0.484 e. The summed E-state index contributed by atoms with van der Waals surface area (Å²) in [4.78, 5) is 28.0. The van der Waals surface area contributed by atoms with Gasteiger partial charge >= 0.3 is 0 Å². The Morgan fingerprint density at radius 1 is 0.976 bits per heavy atom. The van der Waals surface area contributed by atoms with E-state index in [1.54, 1.807) is 31.2 Å². The first-order valence-corrected chi connectivity index (χ1v) is 15.1. The highest BCUT2D eigenvalue weighted by Crippen LogP contribution is 2.21. The Bertz CT molecular complexity index is 1420. The van der Waals surface area contributed by atoms with Crippen molar-refractivity contribution in [3.63, 3.8) is 0 Å². The van der Waals surface area contributed by atoms with E-state index >= 15 is 0 Å². The van der Waals surface area contributed by atoms with Gasteiger partial charge in [0.1, 0.15) is 11.8 Å². The zero-order chi connectivity index (χ0) is 29.4. The zero-order valence-electron chi connectivity index (χ0n) is 23.1. The van der Waals surface area contributed by atoms with E-state index in [4.69, 9.17) is 21.1 Å². The molecule has 1 atom stereocenters. The summed E-state index contributed by atoms with van der Waals surface area (Å²) in [6.07, 6.45) is 0. The summed E-state index contributed by atoms with van der Waals surface area (Å²) in [6, 6.07) is 20.1. The third kappa shape index (κ3) is 8.29. The van der Waals surface area contributed by atoms with Crippen LogP contribution < -0.4 is 10.1 Å². The predicted octanol–water partition coefficient (Wildman–Crippen LogP) is 3.78. The molecule has 1 saturated heterocycles. The molecule has 3 aromatic rings. The summed E-state index contributed by atoms with van der Waals surface area (Å²) in [5.41, 5.74) is 2.88. The molecule has 0 spiro atoms. The molecule has 0 aromatic heterocycles. The normalized spacial score (nSPS) is 14.7. The van der Waals surface area contributed by atoms with Gasteiger partial charge in [-0.25, -0.2) is 8.42 Å². The monoisotopic (exact) mass is 599 g/mol. The predicted molar refractivity (Wildman–Crippen MR) is 156 cm³/mol. The molecule has 0 unspecified atom stereocenters. The molecule has 1 aliphatic rings. The Hall–Kier alpha value is -3.44. The molecule has 2 amide bonds. The molecule has 9 nitrogen and oxygen atoms in total. The first-order chi connectivity index (χ1) is 19.6. The number of sulfonamides is 1. The molecular weight excluding hydrogens is 566 g/mol. The van der Waals surface area contributed by atoms with Gasteiger partial charge in [-0.15, -0.1) is 0 Å². The van der Waals surface area contributed by atoms with Gasteiger partial charge < -0.3 is 19.7 Å². The fraction of sp³-hybridized carbons (Fsp3) is 0.333. The highest BCUT2D eigenvalue weighted by Gasteiger charge is 2.28. The van der Waals surface area contributed by atoms with Crippen molar-refractivity contribution in [2.24, 2.45) is 0 Å². The number of rotatable bonds is 11. The van der Waals surface area contributed by atoms with Crippen molar-refractivity contribution in [2.75, 3.05) is 32.9 Å². The van der Waals surface area contributed by atoms with Crippen molar-refractivity contribution in [1.29, 1.82) is 0 Å². The first kappa shape index (κ1) is 30.5. The third-order valence-electron chi connectivity index (χ3n) is 6.81. The zero-order valence-corrected chi connectivity index (χ0v) is 24.7. The summed E-state index contributed by atoms with van der Waals surface area (Å²) in [6.45, 7) is 5.16. The SMILES string of the molecule is Cc1ccc(CNC(=O)[C@H](C)N(Cc2ccc(Cl)cc2)C(=O)COc2ccc(S(=O)(=O)N3CCOCC3)cc2)cc1. The lowest BCUT2D eigenvalue weighted by Gasteiger charge is -2.29. The maximum atomic E-state index is 13.4. The van der Waals surface area contributed by atoms with Crippen LogP contribution >= 0.6 is 11.6 Å². The number of carbonyl (C=O) groups is 2. The number of nitrogens with zero attached hydrogens (tertiary/aromatic N) is 2. The third-order valence-corrected chi connectivity index (χ3v) is 8.98. The molecule has 11 heteroatoms. The minimum atomic E-state index is -3.64. The van der Waals surface area contributed by atoms with E-state index in [-0.39, 0.29) is 24.0 Å². The molecule has 1 N–H and O–H groups in total. The van der Waals surface area contributed by atoms with Crippen molar-refractivity contribution in [2.45, 2.75) is 37.9 Å². The molecular formula is C30H34ClN3O6S. The van der Waals surface area contributed by atoms with E-state index in [1.807, 2.05) is 31.2 Å². The van der Waals surface area contributed by atoms with Crippen LogP contribution in [0.15, 0.2) is 77.7 Å². The Labute approximate surface area is 246 Å².